The van der Waals surface area contributed by atoms with Crippen LogP contribution in [0.1, 0.15) is 33.6 Å². The van der Waals surface area contributed by atoms with Gasteiger partial charge in [-0.15, -0.1) is 0 Å². The Labute approximate surface area is 105 Å². The first-order valence-electron chi connectivity index (χ1n) is 6.78. The summed E-state index contributed by atoms with van der Waals surface area (Å²) in [5.74, 6) is 0.291. The van der Waals surface area contributed by atoms with Crippen LogP contribution in [0.3, 0.4) is 0 Å². The van der Waals surface area contributed by atoms with Gasteiger partial charge in [0.05, 0.1) is 6.04 Å². The van der Waals surface area contributed by atoms with Crippen molar-refractivity contribution in [3.05, 3.63) is 0 Å². The fraction of sp³-hybridized carbons (Fsp3) is 0.923. The molecular weight excluding hydrogens is 214 g/mol. The standard InChI is InChI=1S/C13H27N3O/c1-5-14-12-7-10-16(13(12)17)9-6-8-15(4)11(2)3/h11-12,14H,5-10H2,1-4H3. The molecule has 0 spiro atoms. The maximum absolute atomic E-state index is 12.0. The molecule has 1 unspecified atom stereocenters. The van der Waals surface area contributed by atoms with Crippen LogP contribution in [0.2, 0.25) is 0 Å². The van der Waals surface area contributed by atoms with Gasteiger partial charge in [-0.05, 0) is 46.8 Å². The highest BCUT2D eigenvalue weighted by molar-refractivity contribution is 5.83. The third kappa shape index (κ3) is 4.28. The van der Waals surface area contributed by atoms with Gasteiger partial charge in [0.2, 0.25) is 5.91 Å². The molecule has 0 aromatic rings. The highest BCUT2D eigenvalue weighted by Crippen LogP contribution is 2.11. The van der Waals surface area contributed by atoms with E-state index in [0.717, 1.165) is 39.0 Å². The van der Waals surface area contributed by atoms with E-state index in [1.54, 1.807) is 0 Å². The lowest BCUT2D eigenvalue weighted by Crippen LogP contribution is -2.39. The monoisotopic (exact) mass is 241 g/mol. The number of likely N-dealkylation sites (tertiary alicyclic amines) is 1. The molecular formula is C13H27N3O. The normalized spacial score (nSPS) is 20.9. The van der Waals surface area contributed by atoms with Gasteiger partial charge in [0.15, 0.2) is 0 Å². The second-order valence-electron chi connectivity index (χ2n) is 5.15. The fourth-order valence-corrected chi connectivity index (χ4v) is 2.17. The predicted molar refractivity (Wildman–Crippen MR) is 71.0 cm³/mol. The summed E-state index contributed by atoms with van der Waals surface area (Å²) in [5, 5.41) is 3.24. The van der Waals surface area contributed by atoms with E-state index in [1.165, 1.54) is 0 Å². The first-order valence-corrected chi connectivity index (χ1v) is 6.78. The molecule has 17 heavy (non-hydrogen) atoms. The largest absolute Gasteiger partial charge is 0.341 e. The fourth-order valence-electron chi connectivity index (χ4n) is 2.17. The molecule has 1 amide bonds. The molecule has 1 atom stereocenters. The lowest BCUT2D eigenvalue weighted by molar-refractivity contribution is -0.129. The molecule has 4 heteroatoms. The van der Waals surface area contributed by atoms with Crippen LogP contribution in [-0.4, -0.2) is 61.0 Å². The highest BCUT2D eigenvalue weighted by Gasteiger charge is 2.30. The van der Waals surface area contributed by atoms with Gasteiger partial charge in [0, 0.05) is 19.1 Å². The summed E-state index contributed by atoms with van der Waals surface area (Å²) in [6.07, 6.45) is 2.03. The van der Waals surface area contributed by atoms with Crippen LogP contribution in [0.4, 0.5) is 0 Å². The molecule has 1 N–H and O–H groups in total. The number of hydrogen-bond acceptors (Lipinski definition) is 3. The third-order valence-electron chi connectivity index (χ3n) is 3.57. The highest BCUT2D eigenvalue weighted by atomic mass is 16.2. The van der Waals surface area contributed by atoms with Crippen LogP contribution < -0.4 is 5.32 Å². The Kier molecular flexibility index (Phi) is 5.92. The molecule has 0 aliphatic carbocycles. The zero-order valence-corrected chi connectivity index (χ0v) is 11.7. The molecule has 0 aromatic carbocycles. The summed E-state index contributed by atoms with van der Waals surface area (Å²) < 4.78 is 0. The van der Waals surface area contributed by atoms with Crippen molar-refractivity contribution in [1.82, 2.24) is 15.1 Å². The molecule has 1 saturated heterocycles. The first kappa shape index (κ1) is 14.5. The van der Waals surface area contributed by atoms with Crippen LogP contribution in [0.25, 0.3) is 0 Å². The Bertz CT molecular complexity index is 243. The number of likely N-dealkylation sites (N-methyl/N-ethyl adjacent to an activating group) is 1. The first-order chi connectivity index (χ1) is 8.06. The van der Waals surface area contributed by atoms with Gasteiger partial charge < -0.3 is 15.1 Å². The molecule has 1 aliphatic rings. The number of nitrogens with zero attached hydrogens (tertiary/aromatic N) is 2. The van der Waals surface area contributed by atoms with Crippen molar-refractivity contribution in [1.29, 1.82) is 0 Å². The van der Waals surface area contributed by atoms with Crippen molar-refractivity contribution in [2.75, 3.05) is 33.2 Å². The summed E-state index contributed by atoms with van der Waals surface area (Å²) in [6, 6.07) is 0.654. The molecule has 1 rings (SSSR count). The van der Waals surface area contributed by atoms with E-state index in [9.17, 15) is 4.79 Å². The Morgan fingerprint density at radius 2 is 2.24 bits per heavy atom. The van der Waals surface area contributed by atoms with Crippen LogP contribution in [0.15, 0.2) is 0 Å². The van der Waals surface area contributed by atoms with E-state index in [2.05, 4.69) is 31.1 Å². The number of carbonyl (C=O) groups excluding carboxylic acids is 1. The van der Waals surface area contributed by atoms with Crippen molar-refractivity contribution >= 4 is 5.91 Å². The maximum Gasteiger partial charge on any atom is 0.239 e. The van der Waals surface area contributed by atoms with E-state index in [0.29, 0.717) is 11.9 Å². The van der Waals surface area contributed by atoms with E-state index in [-0.39, 0.29) is 6.04 Å². The van der Waals surface area contributed by atoms with Gasteiger partial charge in [-0.2, -0.15) is 0 Å². The molecule has 1 fully saturated rings. The summed E-state index contributed by atoms with van der Waals surface area (Å²) in [6.45, 7) is 10.2. The Balaban J connectivity index is 2.23. The van der Waals surface area contributed by atoms with Gasteiger partial charge in [0.1, 0.15) is 0 Å². The van der Waals surface area contributed by atoms with Crippen LogP contribution >= 0.6 is 0 Å². The average Bonchev–Trinajstić information content (AvgIpc) is 2.62. The van der Waals surface area contributed by atoms with Crippen molar-refractivity contribution in [2.45, 2.75) is 45.7 Å². The molecule has 0 bridgehead atoms. The Hall–Kier alpha value is -0.610. The number of amides is 1. The van der Waals surface area contributed by atoms with Crippen LogP contribution in [0, 0.1) is 0 Å². The number of hydrogen-bond donors (Lipinski definition) is 1. The summed E-state index contributed by atoms with van der Waals surface area (Å²) in [7, 11) is 2.14. The lowest BCUT2D eigenvalue weighted by atomic mass is 10.2. The quantitative estimate of drug-likeness (QED) is 0.720. The van der Waals surface area contributed by atoms with Crippen LogP contribution in [-0.2, 0) is 4.79 Å². The second-order valence-corrected chi connectivity index (χ2v) is 5.15. The van der Waals surface area contributed by atoms with E-state index in [4.69, 9.17) is 0 Å². The summed E-state index contributed by atoms with van der Waals surface area (Å²) in [4.78, 5) is 16.3. The smallest absolute Gasteiger partial charge is 0.239 e. The maximum atomic E-state index is 12.0. The summed E-state index contributed by atoms with van der Waals surface area (Å²) >= 11 is 0. The number of nitrogens with one attached hydrogen (secondary N) is 1. The molecule has 1 heterocycles. The summed E-state index contributed by atoms with van der Waals surface area (Å²) in [5.41, 5.74) is 0. The predicted octanol–water partition coefficient (Wildman–Crippen LogP) is 0.927. The molecule has 0 saturated carbocycles. The lowest BCUT2D eigenvalue weighted by Gasteiger charge is -2.23. The molecule has 0 aromatic heterocycles. The number of rotatable bonds is 7. The zero-order valence-electron chi connectivity index (χ0n) is 11.7. The Morgan fingerprint density at radius 1 is 1.53 bits per heavy atom. The topological polar surface area (TPSA) is 35.6 Å². The van der Waals surface area contributed by atoms with Gasteiger partial charge in [0.25, 0.3) is 0 Å². The van der Waals surface area contributed by atoms with Gasteiger partial charge >= 0.3 is 0 Å². The SMILES string of the molecule is CCNC1CCN(CCCN(C)C(C)C)C1=O. The van der Waals surface area contributed by atoms with Crippen molar-refractivity contribution in [3.63, 3.8) is 0 Å². The molecule has 4 nitrogen and oxygen atoms in total. The minimum absolute atomic E-state index is 0.0721. The van der Waals surface area contributed by atoms with Gasteiger partial charge in [-0.3, -0.25) is 4.79 Å². The third-order valence-corrected chi connectivity index (χ3v) is 3.57. The van der Waals surface area contributed by atoms with E-state index in [1.807, 2.05) is 11.8 Å². The van der Waals surface area contributed by atoms with Gasteiger partial charge in [-0.25, -0.2) is 0 Å². The molecule has 0 radical (unpaired) electrons. The zero-order chi connectivity index (χ0) is 12.8. The Morgan fingerprint density at radius 3 is 2.82 bits per heavy atom. The average molecular weight is 241 g/mol. The minimum Gasteiger partial charge on any atom is -0.341 e. The second kappa shape index (κ2) is 6.97. The van der Waals surface area contributed by atoms with Crippen molar-refractivity contribution < 1.29 is 4.79 Å². The number of carbonyl (C=O) groups is 1. The van der Waals surface area contributed by atoms with Crippen molar-refractivity contribution in [3.8, 4) is 0 Å². The van der Waals surface area contributed by atoms with E-state index >= 15 is 0 Å². The minimum atomic E-state index is 0.0721. The van der Waals surface area contributed by atoms with Crippen LogP contribution in [0.5, 0.6) is 0 Å². The van der Waals surface area contributed by atoms with E-state index < -0.39 is 0 Å². The molecule has 1 aliphatic heterocycles. The van der Waals surface area contributed by atoms with Crippen molar-refractivity contribution in [2.24, 2.45) is 0 Å². The van der Waals surface area contributed by atoms with Gasteiger partial charge in [-0.1, -0.05) is 6.92 Å². The molecule has 100 valence electrons.